The fourth-order valence-corrected chi connectivity index (χ4v) is 2.40. The lowest BCUT2D eigenvalue weighted by atomic mass is 10.1. The Bertz CT molecular complexity index is 572. The summed E-state index contributed by atoms with van der Waals surface area (Å²) in [6, 6.07) is 5.03. The molecule has 1 saturated heterocycles. The number of amides is 1. The molecule has 0 unspecified atom stereocenters. The van der Waals surface area contributed by atoms with Crippen molar-refractivity contribution in [2.45, 2.75) is 39.2 Å². The molecule has 0 spiro atoms. The molecule has 1 aliphatic rings. The van der Waals surface area contributed by atoms with E-state index in [0.29, 0.717) is 0 Å². The van der Waals surface area contributed by atoms with Crippen molar-refractivity contribution in [2.24, 2.45) is 0 Å². The number of carbonyl (C=O) groups is 2. The van der Waals surface area contributed by atoms with Crippen molar-refractivity contribution in [1.29, 1.82) is 0 Å². The number of nitrogens with zero attached hydrogens (tertiary/aromatic N) is 1. The first-order valence-electron chi connectivity index (χ1n) is 7.38. The molecule has 1 aromatic carbocycles. The number of aromatic carboxylic acids is 1. The van der Waals surface area contributed by atoms with Crippen LogP contribution in [0.3, 0.4) is 0 Å². The molecule has 1 amide bonds. The summed E-state index contributed by atoms with van der Waals surface area (Å²) in [7, 11) is 0. The second-order valence-electron chi connectivity index (χ2n) is 6.36. The number of hydrogen-bond acceptors (Lipinski definition) is 4. The van der Waals surface area contributed by atoms with Crippen molar-refractivity contribution in [3.8, 4) is 0 Å². The van der Waals surface area contributed by atoms with E-state index in [2.05, 4.69) is 10.2 Å². The summed E-state index contributed by atoms with van der Waals surface area (Å²) in [5.74, 6) is -1.08. The summed E-state index contributed by atoms with van der Waals surface area (Å²) in [6.07, 6.45) is 1.56. The summed E-state index contributed by atoms with van der Waals surface area (Å²) in [5.41, 5.74) is 0.535. The maximum Gasteiger partial charge on any atom is 0.412 e. The highest BCUT2D eigenvalue weighted by molar-refractivity contribution is 5.99. The lowest BCUT2D eigenvalue weighted by Crippen LogP contribution is -2.28. The smallest absolute Gasteiger partial charge is 0.412 e. The van der Waals surface area contributed by atoms with Crippen LogP contribution in [-0.4, -0.2) is 35.9 Å². The maximum absolute atomic E-state index is 11.8. The summed E-state index contributed by atoms with van der Waals surface area (Å²) < 4.78 is 5.15. The zero-order valence-electron chi connectivity index (χ0n) is 13.2. The van der Waals surface area contributed by atoms with E-state index in [9.17, 15) is 14.7 Å². The summed E-state index contributed by atoms with van der Waals surface area (Å²) >= 11 is 0. The number of carbonyl (C=O) groups excluding carboxylic acids is 1. The number of nitrogens with one attached hydrogen (secondary N) is 1. The van der Waals surface area contributed by atoms with Crippen LogP contribution in [-0.2, 0) is 4.74 Å². The van der Waals surface area contributed by atoms with Crippen LogP contribution in [0.25, 0.3) is 0 Å². The number of hydrogen-bond donors (Lipinski definition) is 2. The Labute approximate surface area is 130 Å². The van der Waals surface area contributed by atoms with Gasteiger partial charge >= 0.3 is 12.1 Å². The van der Waals surface area contributed by atoms with Crippen LogP contribution in [0.15, 0.2) is 18.2 Å². The van der Waals surface area contributed by atoms with Crippen LogP contribution in [0.2, 0.25) is 0 Å². The van der Waals surface area contributed by atoms with Gasteiger partial charge in [-0.25, -0.2) is 9.59 Å². The van der Waals surface area contributed by atoms with E-state index in [-0.39, 0.29) is 11.3 Å². The van der Waals surface area contributed by atoms with Gasteiger partial charge in [0.25, 0.3) is 0 Å². The minimum Gasteiger partial charge on any atom is -0.478 e. The molecule has 120 valence electrons. The van der Waals surface area contributed by atoms with Crippen molar-refractivity contribution >= 4 is 23.4 Å². The van der Waals surface area contributed by atoms with E-state index in [4.69, 9.17) is 4.74 Å². The number of benzene rings is 1. The topological polar surface area (TPSA) is 78.9 Å². The highest BCUT2D eigenvalue weighted by Gasteiger charge is 2.20. The first-order chi connectivity index (χ1) is 10.3. The summed E-state index contributed by atoms with van der Waals surface area (Å²) in [5, 5.41) is 11.9. The zero-order valence-corrected chi connectivity index (χ0v) is 13.2. The molecule has 0 bridgehead atoms. The molecule has 1 fully saturated rings. The largest absolute Gasteiger partial charge is 0.478 e. The fraction of sp³-hybridized carbons (Fsp3) is 0.500. The maximum atomic E-state index is 11.8. The quantitative estimate of drug-likeness (QED) is 0.895. The highest BCUT2D eigenvalue weighted by atomic mass is 16.6. The van der Waals surface area contributed by atoms with Crippen molar-refractivity contribution in [2.75, 3.05) is 23.3 Å². The van der Waals surface area contributed by atoms with Crippen LogP contribution < -0.4 is 10.2 Å². The van der Waals surface area contributed by atoms with Gasteiger partial charge in [-0.05, 0) is 51.8 Å². The molecular weight excluding hydrogens is 284 g/mol. The van der Waals surface area contributed by atoms with Crippen molar-refractivity contribution in [3.63, 3.8) is 0 Å². The van der Waals surface area contributed by atoms with Gasteiger partial charge in [-0.3, -0.25) is 5.32 Å². The van der Waals surface area contributed by atoms with E-state index in [1.54, 1.807) is 32.9 Å². The molecule has 6 nitrogen and oxygen atoms in total. The molecule has 0 atom stereocenters. The van der Waals surface area contributed by atoms with Gasteiger partial charge in [0, 0.05) is 18.8 Å². The minimum absolute atomic E-state index is 0.0651. The molecule has 2 rings (SSSR count). The van der Waals surface area contributed by atoms with Crippen molar-refractivity contribution < 1.29 is 19.4 Å². The molecule has 6 heteroatoms. The van der Waals surface area contributed by atoms with Gasteiger partial charge in [0.1, 0.15) is 5.60 Å². The summed E-state index contributed by atoms with van der Waals surface area (Å²) in [6.45, 7) is 7.11. The molecule has 0 radical (unpaired) electrons. The molecule has 1 heterocycles. The number of ether oxygens (including phenoxy) is 1. The Balaban J connectivity index is 2.20. The number of rotatable bonds is 3. The van der Waals surface area contributed by atoms with E-state index in [0.717, 1.165) is 31.6 Å². The summed E-state index contributed by atoms with van der Waals surface area (Å²) in [4.78, 5) is 25.4. The molecule has 1 aliphatic heterocycles. The Morgan fingerprint density at radius 2 is 1.86 bits per heavy atom. The van der Waals surface area contributed by atoms with Crippen molar-refractivity contribution in [3.05, 3.63) is 23.8 Å². The van der Waals surface area contributed by atoms with Gasteiger partial charge in [-0.2, -0.15) is 0 Å². The first kappa shape index (κ1) is 16.1. The number of anilines is 2. The molecule has 0 saturated carbocycles. The van der Waals surface area contributed by atoms with E-state index in [1.165, 1.54) is 0 Å². The third kappa shape index (κ3) is 4.13. The zero-order chi connectivity index (χ0) is 16.3. The third-order valence-corrected chi connectivity index (χ3v) is 3.34. The second-order valence-corrected chi connectivity index (χ2v) is 6.36. The van der Waals surface area contributed by atoms with Crippen molar-refractivity contribution in [1.82, 2.24) is 0 Å². The van der Waals surface area contributed by atoms with Crippen LogP contribution in [0.1, 0.15) is 44.0 Å². The molecule has 22 heavy (non-hydrogen) atoms. The normalized spacial score (nSPS) is 14.8. The molecule has 0 aliphatic carbocycles. The van der Waals surface area contributed by atoms with Gasteiger partial charge in [-0.1, -0.05) is 0 Å². The lowest BCUT2D eigenvalue weighted by Gasteiger charge is -2.21. The van der Waals surface area contributed by atoms with Crippen LogP contribution in [0, 0.1) is 0 Å². The first-order valence-corrected chi connectivity index (χ1v) is 7.38. The molecular formula is C16H22N2O4. The predicted octanol–water partition coefficient (Wildman–Crippen LogP) is 3.33. The van der Waals surface area contributed by atoms with Gasteiger partial charge in [0.05, 0.1) is 11.3 Å². The van der Waals surface area contributed by atoms with Gasteiger partial charge in [0.15, 0.2) is 0 Å². The third-order valence-electron chi connectivity index (χ3n) is 3.34. The minimum atomic E-state index is -1.08. The lowest BCUT2D eigenvalue weighted by molar-refractivity contribution is 0.0636. The monoisotopic (exact) mass is 306 g/mol. The van der Waals surface area contributed by atoms with Crippen LogP contribution >= 0.6 is 0 Å². The average Bonchev–Trinajstić information content (AvgIpc) is 2.90. The molecule has 0 aromatic heterocycles. The van der Waals surface area contributed by atoms with E-state index in [1.807, 2.05) is 6.07 Å². The number of carboxylic acid groups (broad SMARTS) is 1. The second kappa shape index (κ2) is 6.25. The molecule has 1 aromatic rings. The average molecular weight is 306 g/mol. The van der Waals surface area contributed by atoms with Gasteiger partial charge in [-0.15, -0.1) is 0 Å². The van der Waals surface area contributed by atoms with E-state index < -0.39 is 17.7 Å². The standard InChI is InChI=1S/C16H22N2O4/c1-16(2,3)22-15(21)17-13-7-6-11(10-12(13)14(19)20)18-8-4-5-9-18/h6-7,10H,4-5,8-9H2,1-3H3,(H,17,21)(H,19,20). The Morgan fingerprint density at radius 1 is 1.23 bits per heavy atom. The fourth-order valence-electron chi connectivity index (χ4n) is 2.40. The van der Waals surface area contributed by atoms with Crippen LogP contribution in [0.4, 0.5) is 16.2 Å². The SMILES string of the molecule is CC(C)(C)OC(=O)Nc1ccc(N2CCCC2)cc1C(=O)O. The Morgan fingerprint density at radius 3 is 2.41 bits per heavy atom. The van der Waals surface area contributed by atoms with Gasteiger partial charge in [0.2, 0.25) is 0 Å². The number of carboxylic acids is 1. The van der Waals surface area contributed by atoms with Crippen LogP contribution in [0.5, 0.6) is 0 Å². The predicted molar refractivity (Wildman–Crippen MR) is 84.7 cm³/mol. The van der Waals surface area contributed by atoms with E-state index >= 15 is 0 Å². The Hall–Kier alpha value is -2.24. The van der Waals surface area contributed by atoms with Gasteiger partial charge < -0.3 is 14.7 Å². The Kier molecular flexibility index (Phi) is 4.59. The highest BCUT2D eigenvalue weighted by Crippen LogP contribution is 2.26. The molecule has 2 N–H and O–H groups in total.